The van der Waals surface area contributed by atoms with Gasteiger partial charge in [-0.1, -0.05) is 43.4 Å². The maximum absolute atomic E-state index is 4.87. The Bertz CT molecular complexity index is 353. The molecule has 0 N–H and O–H groups in total. The van der Waals surface area contributed by atoms with Crippen molar-refractivity contribution in [2.75, 3.05) is 42.3 Å². The van der Waals surface area contributed by atoms with Gasteiger partial charge in [-0.2, -0.15) is 42.3 Å². The van der Waals surface area contributed by atoms with Crippen molar-refractivity contribution in [1.29, 1.82) is 0 Å². The molecule has 0 saturated heterocycles. The Morgan fingerprint density at radius 3 is 1.40 bits per heavy atom. The first-order valence-corrected chi connectivity index (χ1v) is 10.8. The molecule has 0 aliphatic heterocycles. The van der Waals surface area contributed by atoms with Crippen LogP contribution >= 0.6 is 0 Å². The van der Waals surface area contributed by atoms with E-state index in [1.165, 1.54) is 5.54 Å². The Morgan fingerprint density at radius 2 is 1.04 bits per heavy atom. The van der Waals surface area contributed by atoms with Crippen molar-refractivity contribution in [3.05, 3.63) is 82.5 Å². The van der Waals surface area contributed by atoms with Gasteiger partial charge in [-0.3, -0.25) is 0 Å². The first-order valence-electron chi connectivity index (χ1n) is 7.87. The van der Waals surface area contributed by atoms with Crippen LogP contribution in [-0.4, -0.2) is 50.5 Å². The van der Waals surface area contributed by atoms with Gasteiger partial charge in [0.15, 0.2) is 0 Å². The van der Waals surface area contributed by atoms with E-state index in [0.717, 1.165) is 5.69 Å². The van der Waals surface area contributed by atoms with Crippen molar-refractivity contribution in [3.63, 3.8) is 0 Å². The molecule has 1 fully saturated rings. The molecule has 1 aliphatic rings. The van der Waals surface area contributed by atoms with Crippen molar-refractivity contribution < 1.29 is 22.4 Å². The first kappa shape index (κ1) is 29.6. The minimum absolute atomic E-state index is 0. The molecule has 2 rings (SSSR count). The zero-order chi connectivity index (χ0) is 18.8. The van der Waals surface area contributed by atoms with Gasteiger partial charge in [-0.25, -0.2) is 0 Å². The molecule has 0 aromatic heterocycles. The van der Waals surface area contributed by atoms with Crippen LogP contribution in [0.25, 0.3) is 20.9 Å². The Balaban J connectivity index is -0.000000412. The zero-order valence-electron chi connectivity index (χ0n) is 16.9. The number of hydrogen-bond acceptors (Lipinski definition) is 0. The smallest absolute Gasteiger partial charge is 0.687 e. The summed E-state index contributed by atoms with van der Waals surface area (Å²) in [7, 11) is 8.86. The quantitative estimate of drug-likeness (QED) is 0.454. The fourth-order valence-corrected chi connectivity index (χ4v) is 3.60. The monoisotopic (exact) mass is 526 g/mol. The number of hydrogen-bond donors (Lipinski definition) is 0. The zero-order valence-corrected chi connectivity index (χ0v) is 21.1. The van der Waals surface area contributed by atoms with E-state index >= 15 is 0 Å². The van der Waals surface area contributed by atoms with Crippen LogP contribution in [0.3, 0.4) is 0 Å². The van der Waals surface area contributed by atoms with Crippen LogP contribution in [0, 0.1) is 31.2 Å². The molecule has 1 aromatic rings. The molecule has 0 amide bonds. The average Bonchev–Trinajstić information content (AvgIpc) is 3.05. The van der Waals surface area contributed by atoms with Crippen LogP contribution in [0.5, 0.6) is 0 Å². The predicted molar refractivity (Wildman–Crippen MR) is 113 cm³/mol. The Kier molecular flexibility index (Phi) is 23.9. The Morgan fingerprint density at radius 1 is 0.680 bits per heavy atom. The molecule has 0 unspecified atom stereocenters. The third-order valence-electron chi connectivity index (χ3n) is 2.53. The van der Waals surface area contributed by atoms with E-state index in [0.29, 0.717) is 0 Å². The van der Waals surface area contributed by atoms with Crippen LogP contribution in [-0.2, 0) is 22.4 Å². The molecule has 0 heterocycles. The third kappa shape index (κ3) is 17.0. The largest absolute Gasteiger partial charge is 5.00 e. The van der Waals surface area contributed by atoms with E-state index in [1.807, 2.05) is 18.2 Å². The van der Waals surface area contributed by atoms with Crippen LogP contribution in [0.2, 0.25) is 13.1 Å². The van der Waals surface area contributed by atoms with E-state index in [-0.39, 0.29) is 22.4 Å². The van der Waals surface area contributed by atoms with Gasteiger partial charge < -0.3 is 20.9 Å². The number of nitrogens with zero attached hydrogens (tertiary/aromatic N) is 4. The summed E-state index contributed by atoms with van der Waals surface area (Å²) in [5.74, 6) is 0. The van der Waals surface area contributed by atoms with Gasteiger partial charge in [-0.05, 0) is 39.5 Å². The summed E-state index contributed by atoms with van der Waals surface area (Å²) in [5.41, 5.74) is 2.49. The summed E-state index contributed by atoms with van der Waals surface area (Å²) < 4.78 is 0. The van der Waals surface area contributed by atoms with Crippen molar-refractivity contribution in [1.82, 2.24) is 0 Å². The molecule has 1 aliphatic carbocycles. The van der Waals surface area contributed by atoms with Gasteiger partial charge in [0.1, 0.15) is 0 Å². The molecule has 4 nitrogen and oxygen atoms in total. The molecule has 0 atom stereocenters. The van der Waals surface area contributed by atoms with Crippen molar-refractivity contribution in [2.45, 2.75) is 13.1 Å². The summed E-state index contributed by atoms with van der Waals surface area (Å²) >= 11 is 0. The molecular weight excluding hydrogens is 493 g/mol. The molecule has 1 saturated carbocycles. The third-order valence-corrected chi connectivity index (χ3v) is 5.10. The van der Waals surface area contributed by atoms with E-state index in [4.69, 9.17) is 4.98 Å². The summed E-state index contributed by atoms with van der Waals surface area (Å²) in [6.07, 6.45) is 8.53. The van der Waals surface area contributed by atoms with E-state index in [2.05, 4.69) is 66.9 Å². The molecule has 5 radical (unpaired) electrons. The van der Waals surface area contributed by atoms with Crippen molar-refractivity contribution in [3.8, 4) is 0 Å². The fourth-order valence-electron chi connectivity index (χ4n) is 1.67. The van der Waals surface area contributed by atoms with E-state index in [1.54, 1.807) is 42.3 Å². The van der Waals surface area contributed by atoms with Gasteiger partial charge in [0.05, 0.1) is 0 Å². The van der Waals surface area contributed by atoms with E-state index < -0.39 is 8.24 Å². The minimum atomic E-state index is -1.64. The summed E-state index contributed by atoms with van der Waals surface area (Å²) in [6.45, 7) is 4.55. The standard InChI is InChI=1S/C13H15NSi.3C2H6N.Ta/c1-15(2,13-10-6-7-11-13)14-12-8-4-3-5-9-12;3*1-3-2;/h3-11H,1-2H3;3*1-2H3;/q4*-1;+5. The number of benzene rings is 1. The molecule has 0 spiro atoms. The maximum atomic E-state index is 4.87. The van der Waals surface area contributed by atoms with Gasteiger partial charge >= 0.3 is 22.4 Å². The Labute approximate surface area is 173 Å². The van der Waals surface area contributed by atoms with Crippen molar-refractivity contribution >= 4 is 13.9 Å². The topological polar surface area (TPSA) is 56.4 Å². The fraction of sp³-hybridized carbons (Fsp3) is 0.421. The van der Waals surface area contributed by atoms with Crippen LogP contribution in [0.15, 0.2) is 30.3 Å². The van der Waals surface area contributed by atoms with Gasteiger partial charge in [-0.15, -0.1) is 5.69 Å². The van der Waals surface area contributed by atoms with E-state index in [9.17, 15) is 0 Å². The minimum Gasteiger partial charge on any atom is -0.687 e. The Hall–Kier alpha value is -0.143. The summed E-state index contributed by atoms with van der Waals surface area (Å²) in [6, 6.07) is 10.2. The molecule has 1 aromatic carbocycles. The summed E-state index contributed by atoms with van der Waals surface area (Å²) in [5, 5.41) is 10.5. The SMILES string of the molecule is C[N-]C.C[N-]C.C[N-]C.C[Si](C)([N-]c1ccccc1)[C]1[CH][CH][CH][CH]1.[Ta+5]. The molecule has 137 valence electrons. The second-order valence-corrected chi connectivity index (χ2v) is 9.44. The van der Waals surface area contributed by atoms with Gasteiger partial charge in [0.25, 0.3) is 0 Å². The van der Waals surface area contributed by atoms with Crippen LogP contribution in [0.1, 0.15) is 0 Å². The molecular formula is C19H33N4SiTa+. The second kappa shape index (κ2) is 20.2. The van der Waals surface area contributed by atoms with Crippen molar-refractivity contribution in [2.24, 2.45) is 0 Å². The van der Waals surface area contributed by atoms with Gasteiger partial charge in [0.2, 0.25) is 0 Å². The van der Waals surface area contributed by atoms with Crippen LogP contribution in [0.4, 0.5) is 5.69 Å². The maximum Gasteiger partial charge on any atom is 5.00 e. The molecule has 25 heavy (non-hydrogen) atoms. The molecule has 0 bridgehead atoms. The van der Waals surface area contributed by atoms with Crippen LogP contribution < -0.4 is 0 Å². The normalized spacial score (nSPS) is 13.0. The number of rotatable bonds is 3. The second-order valence-electron chi connectivity index (χ2n) is 5.52. The van der Waals surface area contributed by atoms with Gasteiger partial charge in [0, 0.05) is 0 Å². The summed E-state index contributed by atoms with van der Waals surface area (Å²) in [4.78, 5) is 4.87. The average molecular weight is 527 g/mol. The first-order chi connectivity index (χ1) is 11.4. The molecule has 6 heteroatoms. The predicted octanol–water partition coefficient (Wildman–Crippen LogP) is 5.70.